The van der Waals surface area contributed by atoms with E-state index in [9.17, 15) is 14.4 Å². The van der Waals surface area contributed by atoms with Crippen LogP contribution in [0, 0.1) is 0 Å². The number of hydrogen-bond donors (Lipinski definition) is 2. The summed E-state index contributed by atoms with van der Waals surface area (Å²) in [5.41, 5.74) is 1.85. The van der Waals surface area contributed by atoms with Gasteiger partial charge in [0.25, 0.3) is 11.8 Å². The standard InChI is InChI=1S/C21H23N3O4/c1-23-9-11-24(12-10-23)20(26)16-7-5-15(6-8-16)14-22-19(25)17-3-2-4-18(13-17)21(27)28/h2-8,13H,9-12,14H2,1H3,(H,22,25)(H,27,28). The highest BCUT2D eigenvalue weighted by Gasteiger charge is 2.20. The van der Waals surface area contributed by atoms with Gasteiger partial charge < -0.3 is 20.2 Å². The predicted octanol–water partition coefficient (Wildman–Crippen LogP) is 1.70. The monoisotopic (exact) mass is 381 g/mol. The van der Waals surface area contributed by atoms with Gasteiger partial charge in [0.05, 0.1) is 5.56 Å². The Balaban J connectivity index is 1.57. The quantitative estimate of drug-likeness (QED) is 0.823. The minimum absolute atomic E-state index is 0.0224. The molecule has 3 rings (SSSR count). The molecule has 7 nitrogen and oxygen atoms in total. The van der Waals surface area contributed by atoms with Crippen LogP contribution < -0.4 is 5.32 Å². The lowest BCUT2D eigenvalue weighted by molar-refractivity contribution is 0.0661. The maximum absolute atomic E-state index is 12.5. The van der Waals surface area contributed by atoms with Crippen LogP contribution in [-0.2, 0) is 6.54 Å². The zero-order valence-corrected chi connectivity index (χ0v) is 15.7. The van der Waals surface area contributed by atoms with E-state index in [1.807, 2.05) is 24.1 Å². The fourth-order valence-electron chi connectivity index (χ4n) is 3.04. The van der Waals surface area contributed by atoms with Crippen LogP contribution in [-0.4, -0.2) is 65.9 Å². The molecular weight excluding hydrogens is 358 g/mol. The van der Waals surface area contributed by atoms with E-state index in [-0.39, 0.29) is 17.4 Å². The third-order valence-electron chi connectivity index (χ3n) is 4.82. The summed E-state index contributed by atoms with van der Waals surface area (Å²) in [6.45, 7) is 3.49. The van der Waals surface area contributed by atoms with Crippen LogP contribution in [0.3, 0.4) is 0 Å². The van der Waals surface area contributed by atoms with Crippen molar-refractivity contribution < 1.29 is 19.5 Å². The molecule has 0 radical (unpaired) electrons. The molecule has 0 unspecified atom stereocenters. The Kier molecular flexibility index (Phi) is 6.06. The Hall–Kier alpha value is -3.19. The summed E-state index contributed by atoms with van der Waals surface area (Å²) < 4.78 is 0. The average molecular weight is 381 g/mol. The van der Waals surface area contributed by atoms with Crippen molar-refractivity contribution >= 4 is 17.8 Å². The summed E-state index contributed by atoms with van der Waals surface area (Å²) in [7, 11) is 2.04. The Morgan fingerprint density at radius 2 is 1.57 bits per heavy atom. The van der Waals surface area contributed by atoms with Gasteiger partial charge in [0, 0.05) is 43.9 Å². The van der Waals surface area contributed by atoms with Crippen molar-refractivity contribution in [3.05, 3.63) is 70.8 Å². The van der Waals surface area contributed by atoms with Gasteiger partial charge in [0.15, 0.2) is 0 Å². The Bertz CT molecular complexity index is 871. The number of carboxylic acid groups (broad SMARTS) is 1. The van der Waals surface area contributed by atoms with E-state index in [1.54, 1.807) is 18.2 Å². The van der Waals surface area contributed by atoms with Crippen LogP contribution >= 0.6 is 0 Å². The second kappa shape index (κ2) is 8.67. The van der Waals surface area contributed by atoms with E-state index in [1.165, 1.54) is 18.2 Å². The van der Waals surface area contributed by atoms with Gasteiger partial charge in [-0.15, -0.1) is 0 Å². The first-order valence-corrected chi connectivity index (χ1v) is 9.12. The Morgan fingerprint density at radius 1 is 0.929 bits per heavy atom. The number of hydrogen-bond acceptors (Lipinski definition) is 4. The second-order valence-electron chi connectivity index (χ2n) is 6.86. The van der Waals surface area contributed by atoms with Crippen molar-refractivity contribution in [2.75, 3.05) is 33.2 Å². The molecule has 1 aliphatic rings. The van der Waals surface area contributed by atoms with Gasteiger partial charge in [0.1, 0.15) is 0 Å². The summed E-state index contributed by atoms with van der Waals surface area (Å²) in [6, 6.07) is 13.1. The molecule has 28 heavy (non-hydrogen) atoms. The van der Waals surface area contributed by atoms with Crippen molar-refractivity contribution in [1.29, 1.82) is 0 Å². The highest BCUT2D eigenvalue weighted by atomic mass is 16.4. The number of nitrogens with zero attached hydrogens (tertiary/aromatic N) is 2. The molecule has 0 bridgehead atoms. The number of carbonyl (C=O) groups is 3. The Morgan fingerprint density at radius 3 is 2.21 bits per heavy atom. The summed E-state index contributed by atoms with van der Waals surface area (Å²) in [5.74, 6) is -1.40. The summed E-state index contributed by atoms with van der Waals surface area (Å²) >= 11 is 0. The fraction of sp³-hybridized carbons (Fsp3) is 0.286. The van der Waals surface area contributed by atoms with Gasteiger partial charge in [0.2, 0.25) is 0 Å². The number of carboxylic acids is 1. The van der Waals surface area contributed by atoms with Crippen LogP contribution in [0.15, 0.2) is 48.5 Å². The maximum atomic E-state index is 12.5. The van der Waals surface area contributed by atoms with Crippen LogP contribution in [0.1, 0.15) is 36.6 Å². The van der Waals surface area contributed by atoms with E-state index in [4.69, 9.17) is 5.11 Å². The molecule has 0 spiro atoms. The lowest BCUT2D eigenvalue weighted by atomic mass is 10.1. The van der Waals surface area contributed by atoms with E-state index < -0.39 is 5.97 Å². The number of likely N-dealkylation sites (N-methyl/N-ethyl adjacent to an activating group) is 1. The normalized spacial score (nSPS) is 14.5. The Labute approximate surface area is 163 Å². The molecule has 2 aromatic carbocycles. The molecule has 2 N–H and O–H groups in total. The molecule has 7 heteroatoms. The van der Waals surface area contributed by atoms with Gasteiger partial charge in [-0.25, -0.2) is 4.79 Å². The third-order valence-corrected chi connectivity index (χ3v) is 4.82. The largest absolute Gasteiger partial charge is 0.478 e. The molecule has 1 heterocycles. The minimum Gasteiger partial charge on any atom is -0.478 e. The van der Waals surface area contributed by atoms with Crippen molar-refractivity contribution in [3.8, 4) is 0 Å². The van der Waals surface area contributed by atoms with Crippen molar-refractivity contribution in [1.82, 2.24) is 15.1 Å². The van der Waals surface area contributed by atoms with Gasteiger partial charge in [-0.1, -0.05) is 18.2 Å². The highest BCUT2D eigenvalue weighted by Crippen LogP contribution is 2.11. The van der Waals surface area contributed by atoms with Gasteiger partial charge in [-0.3, -0.25) is 9.59 Å². The van der Waals surface area contributed by atoms with E-state index >= 15 is 0 Å². The molecule has 0 saturated carbocycles. The molecule has 2 aromatic rings. The molecular formula is C21H23N3O4. The molecule has 0 aliphatic carbocycles. The second-order valence-corrected chi connectivity index (χ2v) is 6.86. The molecule has 2 amide bonds. The van der Waals surface area contributed by atoms with E-state index in [0.29, 0.717) is 17.7 Å². The number of rotatable bonds is 5. The van der Waals surface area contributed by atoms with Crippen molar-refractivity contribution in [3.63, 3.8) is 0 Å². The number of benzene rings is 2. The van der Waals surface area contributed by atoms with E-state index in [2.05, 4.69) is 10.2 Å². The van der Waals surface area contributed by atoms with E-state index in [0.717, 1.165) is 31.7 Å². The first kappa shape index (κ1) is 19.6. The lowest BCUT2D eigenvalue weighted by Gasteiger charge is -2.32. The van der Waals surface area contributed by atoms with Gasteiger partial charge in [-0.2, -0.15) is 0 Å². The van der Waals surface area contributed by atoms with Crippen LogP contribution in [0.2, 0.25) is 0 Å². The third kappa shape index (κ3) is 4.75. The summed E-state index contributed by atoms with van der Waals surface area (Å²) in [4.78, 5) is 39.8. The average Bonchev–Trinajstić information content (AvgIpc) is 2.72. The topological polar surface area (TPSA) is 90.0 Å². The number of amides is 2. The van der Waals surface area contributed by atoms with Crippen molar-refractivity contribution in [2.24, 2.45) is 0 Å². The molecule has 1 fully saturated rings. The summed E-state index contributed by atoms with van der Waals surface area (Å²) in [6.07, 6.45) is 0. The molecule has 1 saturated heterocycles. The first-order valence-electron chi connectivity index (χ1n) is 9.12. The maximum Gasteiger partial charge on any atom is 0.335 e. The van der Waals surface area contributed by atoms with Gasteiger partial charge in [-0.05, 0) is 42.9 Å². The summed E-state index contributed by atoms with van der Waals surface area (Å²) in [5, 5.41) is 11.8. The minimum atomic E-state index is -1.07. The predicted molar refractivity (Wildman–Crippen MR) is 104 cm³/mol. The zero-order chi connectivity index (χ0) is 20.1. The number of piperazine rings is 1. The molecule has 146 valence electrons. The fourth-order valence-corrected chi connectivity index (χ4v) is 3.04. The molecule has 0 atom stereocenters. The zero-order valence-electron chi connectivity index (χ0n) is 15.7. The van der Waals surface area contributed by atoms with Crippen molar-refractivity contribution in [2.45, 2.75) is 6.54 Å². The highest BCUT2D eigenvalue weighted by molar-refractivity contribution is 5.97. The SMILES string of the molecule is CN1CCN(C(=O)c2ccc(CNC(=O)c3cccc(C(=O)O)c3)cc2)CC1. The van der Waals surface area contributed by atoms with Crippen LogP contribution in [0.5, 0.6) is 0 Å². The lowest BCUT2D eigenvalue weighted by Crippen LogP contribution is -2.47. The number of aromatic carboxylic acids is 1. The van der Waals surface area contributed by atoms with Crippen LogP contribution in [0.25, 0.3) is 0 Å². The first-order chi connectivity index (χ1) is 13.4. The number of nitrogens with one attached hydrogen (secondary N) is 1. The van der Waals surface area contributed by atoms with Crippen LogP contribution in [0.4, 0.5) is 0 Å². The smallest absolute Gasteiger partial charge is 0.335 e. The molecule has 1 aliphatic heterocycles. The molecule has 0 aromatic heterocycles. The number of carbonyl (C=O) groups excluding carboxylic acids is 2. The van der Waals surface area contributed by atoms with Gasteiger partial charge >= 0.3 is 5.97 Å².